The van der Waals surface area contributed by atoms with E-state index in [4.69, 9.17) is 12.2 Å². The van der Waals surface area contributed by atoms with E-state index in [0.717, 1.165) is 23.9 Å². The summed E-state index contributed by atoms with van der Waals surface area (Å²) in [7, 11) is 0. The third kappa shape index (κ3) is 4.00. The van der Waals surface area contributed by atoms with Gasteiger partial charge >= 0.3 is 0 Å². The number of amides is 1. The highest BCUT2D eigenvalue weighted by atomic mass is 32.1. The largest absolute Gasteiger partial charge is 0.332 e. The Kier molecular flexibility index (Phi) is 5.05. The molecule has 3 aromatic carbocycles. The molecule has 0 aromatic heterocycles. The van der Waals surface area contributed by atoms with Crippen molar-refractivity contribution in [2.75, 3.05) is 5.32 Å². The molecule has 0 spiro atoms. The Hall–Kier alpha value is -3.58. The van der Waals surface area contributed by atoms with Crippen molar-refractivity contribution in [3.63, 3.8) is 0 Å². The van der Waals surface area contributed by atoms with E-state index in [0.29, 0.717) is 5.56 Å². The number of carbonyl (C=O) groups is 1. The van der Waals surface area contributed by atoms with Crippen LogP contribution in [0, 0.1) is 10.1 Å². The van der Waals surface area contributed by atoms with E-state index in [1.807, 2.05) is 18.2 Å². The molecular formula is C22H17N3O3S. The molecule has 7 heteroatoms. The van der Waals surface area contributed by atoms with Crippen LogP contribution in [0.3, 0.4) is 0 Å². The number of rotatable bonds is 4. The Morgan fingerprint density at radius 2 is 1.83 bits per heavy atom. The van der Waals surface area contributed by atoms with Gasteiger partial charge in [-0.1, -0.05) is 36.4 Å². The van der Waals surface area contributed by atoms with Gasteiger partial charge in [-0.05, 0) is 59.3 Å². The summed E-state index contributed by atoms with van der Waals surface area (Å²) in [5.41, 5.74) is 4.03. The maximum atomic E-state index is 12.2. The highest BCUT2D eigenvalue weighted by Gasteiger charge is 2.16. The lowest BCUT2D eigenvalue weighted by Gasteiger charge is -2.12. The number of anilines is 1. The van der Waals surface area contributed by atoms with E-state index < -0.39 is 10.8 Å². The molecule has 0 bridgehead atoms. The number of benzene rings is 3. The van der Waals surface area contributed by atoms with E-state index in [1.54, 1.807) is 12.1 Å². The molecule has 0 saturated carbocycles. The van der Waals surface area contributed by atoms with Gasteiger partial charge in [0.25, 0.3) is 5.69 Å². The summed E-state index contributed by atoms with van der Waals surface area (Å²) in [4.78, 5) is 22.5. The smallest absolute Gasteiger partial charge is 0.270 e. The van der Waals surface area contributed by atoms with Crippen molar-refractivity contribution in [1.82, 2.24) is 5.32 Å². The molecule has 0 radical (unpaired) electrons. The molecular weight excluding hydrogens is 386 g/mol. The first-order chi connectivity index (χ1) is 14.0. The van der Waals surface area contributed by atoms with E-state index in [2.05, 4.69) is 22.8 Å². The third-order valence-corrected chi connectivity index (χ3v) is 5.07. The van der Waals surface area contributed by atoms with Crippen molar-refractivity contribution in [2.45, 2.75) is 12.8 Å². The van der Waals surface area contributed by atoms with Crippen LogP contribution < -0.4 is 10.6 Å². The summed E-state index contributed by atoms with van der Waals surface area (Å²) in [6, 6.07) is 16.3. The Morgan fingerprint density at radius 3 is 2.62 bits per heavy atom. The number of hydrogen-bond acceptors (Lipinski definition) is 4. The van der Waals surface area contributed by atoms with Crippen LogP contribution >= 0.6 is 12.2 Å². The normalized spacial score (nSPS) is 12.3. The number of aryl methyl sites for hydroxylation is 2. The monoisotopic (exact) mass is 403 g/mol. The first kappa shape index (κ1) is 18.8. The summed E-state index contributed by atoms with van der Waals surface area (Å²) in [5, 5.41) is 19.1. The molecule has 1 amide bonds. The van der Waals surface area contributed by atoms with Crippen molar-refractivity contribution in [1.29, 1.82) is 0 Å². The minimum atomic E-state index is -0.478. The molecule has 2 N–H and O–H groups in total. The molecule has 0 heterocycles. The number of carbonyl (C=O) groups excluding carboxylic acids is 1. The third-order valence-electron chi connectivity index (χ3n) is 4.87. The summed E-state index contributed by atoms with van der Waals surface area (Å²) >= 11 is 5.28. The van der Waals surface area contributed by atoms with Crippen LogP contribution in [-0.4, -0.2) is 15.9 Å². The minimum absolute atomic E-state index is 0.0307. The SMILES string of the molecule is O=C(/C=C/c1cccc([N+](=O)[O-])c1)NC(=S)Nc1ccc2c3c(cccc13)CC2. The van der Waals surface area contributed by atoms with Crippen LogP contribution in [0.5, 0.6) is 0 Å². The fourth-order valence-electron chi connectivity index (χ4n) is 3.58. The van der Waals surface area contributed by atoms with Gasteiger partial charge in [-0.2, -0.15) is 0 Å². The lowest BCUT2D eigenvalue weighted by atomic mass is 10.0. The lowest BCUT2D eigenvalue weighted by molar-refractivity contribution is -0.384. The average Bonchev–Trinajstić information content (AvgIpc) is 3.13. The van der Waals surface area contributed by atoms with Crippen LogP contribution in [0.25, 0.3) is 16.8 Å². The van der Waals surface area contributed by atoms with Crippen LogP contribution in [0.1, 0.15) is 16.7 Å². The van der Waals surface area contributed by atoms with Crippen molar-refractivity contribution >= 4 is 51.5 Å². The van der Waals surface area contributed by atoms with Crippen molar-refractivity contribution in [3.8, 4) is 0 Å². The Bertz CT molecular complexity index is 1180. The number of non-ortho nitro benzene ring substituents is 1. The van der Waals surface area contributed by atoms with Gasteiger partial charge in [-0.3, -0.25) is 20.2 Å². The molecule has 29 heavy (non-hydrogen) atoms. The van der Waals surface area contributed by atoms with Crippen molar-refractivity contribution < 1.29 is 9.72 Å². The zero-order valence-electron chi connectivity index (χ0n) is 15.3. The zero-order chi connectivity index (χ0) is 20.4. The second kappa shape index (κ2) is 7.81. The van der Waals surface area contributed by atoms with Gasteiger partial charge in [0.2, 0.25) is 5.91 Å². The van der Waals surface area contributed by atoms with E-state index in [9.17, 15) is 14.9 Å². The predicted molar refractivity (Wildman–Crippen MR) is 118 cm³/mol. The summed E-state index contributed by atoms with van der Waals surface area (Å²) < 4.78 is 0. The maximum absolute atomic E-state index is 12.2. The van der Waals surface area contributed by atoms with Gasteiger partial charge in [0.05, 0.1) is 4.92 Å². The van der Waals surface area contributed by atoms with Gasteiger partial charge in [-0.25, -0.2) is 0 Å². The van der Waals surface area contributed by atoms with Gasteiger partial charge < -0.3 is 5.32 Å². The molecule has 0 aliphatic heterocycles. The van der Waals surface area contributed by atoms with Gasteiger partial charge in [0.1, 0.15) is 0 Å². The van der Waals surface area contributed by atoms with Gasteiger partial charge in [0, 0.05) is 29.3 Å². The molecule has 0 unspecified atom stereocenters. The van der Waals surface area contributed by atoms with Crippen molar-refractivity contribution in [3.05, 3.63) is 87.5 Å². The fourth-order valence-corrected chi connectivity index (χ4v) is 3.79. The number of nitrogens with zero attached hydrogens (tertiary/aromatic N) is 1. The molecule has 3 aromatic rings. The van der Waals surface area contributed by atoms with Crippen LogP contribution in [0.2, 0.25) is 0 Å². The summed E-state index contributed by atoms with van der Waals surface area (Å²) in [6.07, 6.45) is 4.88. The topological polar surface area (TPSA) is 84.3 Å². The van der Waals surface area contributed by atoms with Gasteiger partial charge in [0.15, 0.2) is 5.11 Å². The standard InChI is InChI=1S/C22H17N3O3S/c26-20(12-7-14-3-1-5-17(13-14)25(27)28)24-22(29)23-19-11-10-16-9-8-15-4-2-6-18(19)21(15)16/h1-7,10-13H,8-9H2,(H2,23,24,26,29)/b12-7+. The van der Waals surface area contributed by atoms with Crippen LogP contribution in [0.4, 0.5) is 11.4 Å². The molecule has 144 valence electrons. The van der Waals surface area contributed by atoms with Crippen LogP contribution in [-0.2, 0) is 17.6 Å². The lowest BCUT2D eigenvalue weighted by Crippen LogP contribution is -2.32. The minimum Gasteiger partial charge on any atom is -0.332 e. The molecule has 0 atom stereocenters. The summed E-state index contributed by atoms with van der Waals surface area (Å²) in [6.45, 7) is 0. The highest BCUT2D eigenvalue weighted by molar-refractivity contribution is 7.80. The summed E-state index contributed by atoms with van der Waals surface area (Å²) in [5.74, 6) is -0.417. The van der Waals surface area contributed by atoms with Gasteiger partial charge in [-0.15, -0.1) is 0 Å². The molecule has 0 saturated heterocycles. The first-order valence-corrected chi connectivity index (χ1v) is 9.50. The highest BCUT2D eigenvalue weighted by Crippen LogP contribution is 2.34. The van der Waals surface area contributed by atoms with E-state index in [1.165, 1.54) is 40.8 Å². The zero-order valence-corrected chi connectivity index (χ0v) is 16.2. The molecule has 1 aliphatic carbocycles. The number of hydrogen-bond donors (Lipinski definition) is 2. The van der Waals surface area contributed by atoms with E-state index in [-0.39, 0.29) is 10.8 Å². The van der Waals surface area contributed by atoms with E-state index >= 15 is 0 Å². The average molecular weight is 403 g/mol. The first-order valence-electron chi connectivity index (χ1n) is 9.09. The fraction of sp³-hybridized carbons (Fsp3) is 0.0909. The second-order valence-electron chi connectivity index (χ2n) is 6.74. The number of thiocarbonyl (C=S) groups is 1. The van der Waals surface area contributed by atoms with Crippen LogP contribution in [0.15, 0.2) is 60.7 Å². The van der Waals surface area contributed by atoms with Crippen molar-refractivity contribution in [2.24, 2.45) is 0 Å². The molecule has 4 rings (SSSR count). The second-order valence-corrected chi connectivity index (χ2v) is 7.15. The maximum Gasteiger partial charge on any atom is 0.270 e. The molecule has 1 aliphatic rings. The number of nitro benzene ring substituents is 1. The molecule has 0 fully saturated rings. The Morgan fingerprint density at radius 1 is 1.07 bits per heavy atom. The quantitative estimate of drug-likeness (QED) is 0.292. The Labute approximate surface area is 172 Å². The number of nitrogens with one attached hydrogen (secondary N) is 2. The predicted octanol–water partition coefficient (Wildman–Crippen LogP) is 4.37. The Balaban J connectivity index is 1.44. The number of nitro groups is 1. The molecule has 6 nitrogen and oxygen atoms in total.